The molecule has 27 heavy (non-hydrogen) atoms. The van der Waals surface area contributed by atoms with Crippen molar-refractivity contribution in [3.05, 3.63) is 64.7 Å². The van der Waals surface area contributed by atoms with Crippen LogP contribution < -0.4 is 10.4 Å². The van der Waals surface area contributed by atoms with E-state index in [1.165, 1.54) is 17.0 Å². The van der Waals surface area contributed by atoms with Crippen LogP contribution in [0, 0.1) is 17.0 Å². The third-order valence-corrected chi connectivity index (χ3v) is 5.71. The average Bonchev–Trinajstić information content (AvgIpc) is 2.99. The number of carbonyl (C=O) groups is 2. The molecule has 1 aliphatic carbocycles. The van der Waals surface area contributed by atoms with Crippen LogP contribution in [0.25, 0.3) is 0 Å². The highest BCUT2D eigenvalue weighted by Crippen LogP contribution is 2.45. The van der Waals surface area contributed by atoms with Crippen LogP contribution in [0.3, 0.4) is 0 Å². The van der Waals surface area contributed by atoms with Crippen LogP contribution in [0.15, 0.2) is 36.4 Å². The van der Waals surface area contributed by atoms with Crippen molar-refractivity contribution in [1.29, 1.82) is 0 Å². The van der Waals surface area contributed by atoms with Crippen LogP contribution in [0.5, 0.6) is 0 Å². The van der Waals surface area contributed by atoms with E-state index in [9.17, 15) is 18.4 Å². The number of fused-ring (bicyclic) bond motifs is 1. The zero-order chi connectivity index (χ0) is 19.2. The summed E-state index contributed by atoms with van der Waals surface area (Å²) in [6, 6.07) is 8.97. The fraction of sp³-hybridized carbons (Fsp3) is 0.300. The lowest BCUT2D eigenvalue weighted by Gasteiger charge is -2.33. The molecule has 1 saturated heterocycles. The van der Waals surface area contributed by atoms with Gasteiger partial charge in [-0.2, -0.15) is 0 Å². The van der Waals surface area contributed by atoms with Crippen molar-refractivity contribution < 1.29 is 23.6 Å². The number of nitrogens with one attached hydrogen (secondary N) is 1. The monoisotopic (exact) mass is 372 g/mol. The number of rotatable bonds is 2. The van der Waals surface area contributed by atoms with Gasteiger partial charge in [0.25, 0.3) is 5.91 Å². The fourth-order valence-corrected chi connectivity index (χ4v) is 4.21. The summed E-state index contributed by atoms with van der Waals surface area (Å²) in [6.45, 7) is 0.347. The molecule has 2 aliphatic rings. The number of halogens is 2. The van der Waals surface area contributed by atoms with E-state index in [4.69, 9.17) is 5.21 Å². The van der Waals surface area contributed by atoms with Crippen LogP contribution in [0.2, 0.25) is 0 Å². The first-order chi connectivity index (χ1) is 12.9. The molecule has 140 valence electrons. The summed E-state index contributed by atoms with van der Waals surface area (Å²) in [7, 11) is 0. The molecule has 1 fully saturated rings. The Kier molecular flexibility index (Phi) is 4.19. The molecule has 0 saturated carbocycles. The highest BCUT2D eigenvalue weighted by molar-refractivity contribution is 6.00. The number of benzene rings is 2. The summed E-state index contributed by atoms with van der Waals surface area (Å²) >= 11 is 0. The van der Waals surface area contributed by atoms with E-state index in [-0.39, 0.29) is 11.6 Å². The van der Waals surface area contributed by atoms with Gasteiger partial charge in [0.05, 0.1) is 11.1 Å². The summed E-state index contributed by atoms with van der Waals surface area (Å²) in [5.41, 5.74) is 3.24. The second-order valence-electron chi connectivity index (χ2n) is 7.16. The largest absolute Gasteiger partial charge is 0.309 e. The maximum Gasteiger partial charge on any atom is 0.274 e. The molecule has 5 nitrogen and oxygen atoms in total. The molecular weight excluding hydrogens is 354 g/mol. The van der Waals surface area contributed by atoms with Crippen molar-refractivity contribution >= 4 is 17.5 Å². The van der Waals surface area contributed by atoms with Crippen molar-refractivity contribution in [2.24, 2.45) is 5.41 Å². The van der Waals surface area contributed by atoms with Crippen LogP contribution >= 0.6 is 0 Å². The number of nitrogens with zero attached hydrogens (tertiary/aromatic N) is 1. The maximum atomic E-state index is 14.1. The number of hydrogen-bond acceptors (Lipinski definition) is 3. The number of carbonyl (C=O) groups excluding carboxylic acids is 2. The van der Waals surface area contributed by atoms with Gasteiger partial charge in [0.15, 0.2) is 11.6 Å². The van der Waals surface area contributed by atoms with Crippen LogP contribution in [-0.2, 0) is 17.6 Å². The summed E-state index contributed by atoms with van der Waals surface area (Å²) in [4.78, 5) is 26.0. The Hall–Kier alpha value is -2.80. The highest BCUT2D eigenvalue weighted by atomic mass is 19.2. The molecule has 4 rings (SSSR count). The number of amides is 2. The molecule has 0 aromatic heterocycles. The molecule has 2 amide bonds. The van der Waals surface area contributed by atoms with Gasteiger partial charge in [0, 0.05) is 12.1 Å². The van der Waals surface area contributed by atoms with Gasteiger partial charge in [-0.05, 0) is 61.1 Å². The minimum atomic E-state index is -1.00. The summed E-state index contributed by atoms with van der Waals surface area (Å²) in [5.74, 6) is -2.73. The van der Waals surface area contributed by atoms with Gasteiger partial charge in [0.1, 0.15) is 0 Å². The third-order valence-electron chi connectivity index (χ3n) is 5.71. The van der Waals surface area contributed by atoms with Crippen molar-refractivity contribution in [3.8, 4) is 0 Å². The molecular formula is C20H18F2N2O3. The van der Waals surface area contributed by atoms with Gasteiger partial charge in [-0.3, -0.25) is 14.8 Å². The molecule has 7 heteroatoms. The standard InChI is InChI=1S/C20H18F2N2O3/c21-15-2-1-3-16(17(15)22)24-9-8-20(19(24)26)7-6-12-10-13(18(25)23-27)4-5-14(12)11-20/h1-5,10,27H,6-9,11H2,(H,23,25)/t20-/m1/s1. The third kappa shape index (κ3) is 2.78. The lowest BCUT2D eigenvalue weighted by molar-refractivity contribution is -0.126. The lowest BCUT2D eigenvalue weighted by atomic mass is 9.70. The molecule has 1 atom stereocenters. The number of hydrogen-bond donors (Lipinski definition) is 2. The lowest BCUT2D eigenvalue weighted by Crippen LogP contribution is -2.39. The van der Waals surface area contributed by atoms with Gasteiger partial charge >= 0.3 is 0 Å². The van der Waals surface area contributed by atoms with Gasteiger partial charge < -0.3 is 4.90 Å². The van der Waals surface area contributed by atoms with E-state index in [1.54, 1.807) is 23.7 Å². The van der Waals surface area contributed by atoms with Crippen LogP contribution in [0.4, 0.5) is 14.5 Å². The first kappa shape index (κ1) is 17.6. The second kappa shape index (κ2) is 6.42. The van der Waals surface area contributed by atoms with Crippen LogP contribution in [0.1, 0.15) is 34.3 Å². The number of anilines is 1. The smallest absolute Gasteiger partial charge is 0.274 e. The van der Waals surface area contributed by atoms with Gasteiger partial charge in [0.2, 0.25) is 5.91 Å². The van der Waals surface area contributed by atoms with Gasteiger partial charge in [-0.25, -0.2) is 14.3 Å². The molecule has 2 N–H and O–H groups in total. The first-order valence-electron chi connectivity index (χ1n) is 8.77. The molecule has 2 aromatic rings. The summed E-state index contributed by atoms with van der Waals surface area (Å²) in [6.07, 6.45) is 2.25. The fourth-order valence-electron chi connectivity index (χ4n) is 4.21. The van der Waals surface area contributed by atoms with E-state index >= 15 is 0 Å². The Morgan fingerprint density at radius 2 is 1.96 bits per heavy atom. The molecule has 1 spiro atoms. The molecule has 1 heterocycles. The Balaban J connectivity index is 1.62. The molecule has 1 aliphatic heterocycles. The van der Waals surface area contributed by atoms with E-state index in [0.29, 0.717) is 37.8 Å². The average molecular weight is 372 g/mol. The summed E-state index contributed by atoms with van der Waals surface area (Å²) in [5, 5.41) is 8.77. The second-order valence-corrected chi connectivity index (χ2v) is 7.16. The Morgan fingerprint density at radius 3 is 2.74 bits per heavy atom. The van der Waals surface area contributed by atoms with Crippen molar-refractivity contribution in [2.75, 3.05) is 11.4 Å². The van der Waals surface area contributed by atoms with Crippen molar-refractivity contribution in [1.82, 2.24) is 5.48 Å². The molecule has 0 bridgehead atoms. The van der Waals surface area contributed by atoms with Crippen molar-refractivity contribution in [2.45, 2.75) is 25.7 Å². The van der Waals surface area contributed by atoms with E-state index < -0.39 is 23.0 Å². The van der Waals surface area contributed by atoms with Crippen LogP contribution in [-0.4, -0.2) is 23.6 Å². The minimum absolute atomic E-state index is 0.0161. The molecule has 0 unspecified atom stereocenters. The quantitative estimate of drug-likeness (QED) is 0.629. The van der Waals surface area contributed by atoms with Gasteiger partial charge in [-0.1, -0.05) is 12.1 Å². The SMILES string of the molecule is O=C(NO)c1ccc2c(c1)CC[C@@]1(CCN(c3cccc(F)c3F)C1=O)C2. The van der Waals surface area contributed by atoms with Gasteiger partial charge in [-0.15, -0.1) is 0 Å². The van der Waals surface area contributed by atoms with E-state index in [2.05, 4.69) is 0 Å². The number of hydroxylamine groups is 1. The predicted octanol–water partition coefficient (Wildman–Crippen LogP) is 3.00. The zero-order valence-electron chi connectivity index (χ0n) is 14.5. The highest BCUT2D eigenvalue weighted by Gasteiger charge is 2.49. The number of aryl methyl sites for hydroxylation is 1. The normalized spacial score (nSPS) is 21.4. The van der Waals surface area contributed by atoms with Crippen molar-refractivity contribution in [3.63, 3.8) is 0 Å². The Labute approximate surface area is 154 Å². The Morgan fingerprint density at radius 1 is 1.15 bits per heavy atom. The van der Waals surface area contributed by atoms with E-state index in [0.717, 1.165) is 17.2 Å². The minimum Gasteiger partial charge on any atom is -0.309 e. The zero-order valence-corrected chi connectivity index (χ0v) is 14.5. The predicted molar refractivity (Wildman–Crippen MR) is 93.5 cm³/mol. The van der Waals surface area contributed by atoms with E-state index in [1.807, 2.05) is 0 Å². The summed E-state index contributed by atoms with van der Waals surface area (Å²) < 4.78 is 27.7. The topological polar surface area (TPSA) is 69.6 Å². The molecule has 2 aromatic carbocycles. The maximum absolute atomic E-state index is 14.1. The Bertz CT molecular complexity index is 947. The molecule has 0 radical (unpaired) electrons. The first-order valence-corrected chi connectivity index (χ1v) is 8.77.